The Bertz CT molecular complexity index is 1120. The van der Waals surface area contributed by atoms with E-state index in [-0.39, 0.29) is 5.91 Å². The number of hydrogen-bond donors (Lipinski definition) is 0. The number of hydrogen-bond acceptors (Lipinski definition) is 3. The molecule has 0 bridgehead atoms. The largest absolute Gasteiger partial charge is 0.339 e. The molecule has 0 saturated carbocycles. The molecule has 0 unspecified atom stereocenters. The van der Waals surface area contributed by atoms with Crippen molar-refractivity contribution in [3.63, 3.8) is 0 Å². The van der Waals surface area contributed by atoms with E-state index in [9.17, 15) is 4.79 Å². The van der Waals surface area contributed by atoms with Crippen LogP contribution in [0, 0.1) is 25.2 Å². The van der Waals surface area contributed by atoms with Gasteiger partial charge in [0.2, 0.25) is 0 Å². The number of halogens is 1. The van der Waals surface area contributed by atoms with Crippen LogP contribution in [0.15, 0.2) is 42.5 Å². The molecule has 1 aromatic heterocycles. The van der Waals surface area contributed by atoms with Crippen molar-refractivity contribution >= 4 is 17.5 Å². The maximum atomic E-state index is 12.7. The number of aromatic nitrogens is 2. The second kappa shape index (κ2) is 9.15. The summed E-state index contributed by atoms with van der Waals surface area (Å²) in [6.45, 7) is 9.36. The number of nitrogens with zero attached hydrogens (tertiary/aromatic N) is 4. The number of benzene rings is 2. The van der Waals surface area contributed by atoms with Crippen molar-refractivity contribution in [3.05, 3.63) is 81.1 Å². The zero-order valence-electron chi connectivity index (χ0n) is 17.7. The van der Waals surface area contributed by atoms with Gasteiger partial charge in [-0.2, -0.15) is 10.4 Å². The predicted octanol–water partition coefficient (Wildman–Crippen LogP) is 5.09. The first-order chi connectivity index (χ1) is 14.4. The highest BCUT2D eigenvalue weighted by atomic mass is 35.5. The fourth-order valence-corrected chi connectivity index (χ4v) is 3.84. The van der Waals surface area contributed by atoms with Gasteiger partial charge in [0.25, 0.3) is 5.91 Å². The summed E-state index contributed by atoms with van der Waals surface area (Å²) >= 11 is 6.21. The average molecular weight is 421 g/mol. The van der Waals surface area contributed by atoms with Gasteiger partial charge >= 0.3 is 0 Å². The second-order valence-corrected chi connectivity index (χ2v) is 7.60. The molecule has 6 heteroatoms. The quantitative estimate of drug-likeness (QED) is 0.558. The number of carbonyl (C=O) groups is 1. The highest BCUT2D eigenvalue weighted by Gasteiger charge is 2.16. The first-order valence-corrected chi connectivity index (χ1v) is 10.4. The van der Waals surface area contributed by atoms with Crippen molar-refractivity contribution in [3.8, 4) is 11.8 Å². The average Bonchev–Trinajstić information content (AvgIpc) is 3.03. The SMILES string of the molecule is CCN(CC)C(=O)c1cccc(Cc2c(C)nn(-c3ccc(C#N)c(Cl)c3)c2C)c1. The molecule has 2 aromatic carbocycles. The molecule has 1 heterocycles. The lowest BCUT2D eigenvalue weighted by atomic mass is 10.0. The molecule has 154 valence electrons. The molecule has 0 atom stereocenters. The Hall–Kier alpha value is -3.10. The molecule has 30 heavy (non-hydrogen) atoms. The Morgan fingerprint density at radius 1 is 1.17 bits per heavy atom. The first kappa shape index (κ1) is 21.6. The van der Waals surface area contributed by atoms with Crippen molar-refractivity contribution < 1.29 is 4.79 Å². The maximum absolute atomic E-state index is 12.7. The molecule has 0 aliphatic carbocycles. The smallest absolute Gasteiger partial charge is 0.253 e. The first-order valence-electron chi connectivity index (χ1n) is 10.0. The zero-order chi connectivity index (χ0) is 21.8. The molecule has 0 spiro atoms. The third kappa shape index (κ3) is 4.24. The van der Waals surface area contributed by atoms with Gasteiger partial charge in [-0.25, -0.2) is 4.68 Å². The summed E-state index contributed by atoms with van der Waals surface area (Å²) in [6.07, 6.45) is 0.682. The van der Waals surface area contributed by atoms with Crippen LogP contribution < -0.4 is 0 Å². The van der Waals surface area contributed by atoms with Crippen LogP contribution in [0.4, 0.5) is 0 Å². The molecule has 0 saturated heterocycles. The standard InChI is InChI=1S/C24H25ClN4O/c1-5-28(6-2)24(30)19-9-7-8-18(12-19)13-22-16(3)27-29(17(22)4)21-11-10-20(15-26)23(25)14-21/h7-12,14H,5-6,13H2,1-4H3. The lowest BCUT2D eigenvalue weighted by molar-refractivity contribution is 0.0773. The van der Waals surface area contributed by atoms with Gasteiger partial charge in [0.15, 0.2) is 0 Å². The molecular weight excluding hydrogens is 396 g/mol. The lowest BCUT2D eigenvalue weighted by Gasteiger charge is -2.19. The molecule has 0 radical (unpaired) electrons. The van der Waals surface area contributed by atoms with E-state index in [1.165, 1.54) is 0 Å². The highest BCUT2D eigenvalue weighted by molar-refractivity contribution is 6.31. The van der Waals surface area contributed by atoms with Gasteiger partial charge < -0.3 is 4.90 Å². The van der Waals surface area contributed by atoms with Crippen molar-refractivity contribution in [1.82, 2.24) is 14.7 Å². The molecule has 5 nitrogen and oxygen atoms in total. The van der Waals surface area contributed by atoms with Crippen LogP contribution in [-0.2, 0) is 6.42 Å². The van der Waals surface area contributed by atoms with Gasteiger partial charge in [-0.15, -0.1) is 0 Å². The third-order valence-electron chi connectivity index (χ3n) is 5.36. The van der Waals surface area contributed by atoms with E-state index >= 15 is 0 Å². The Labute approximate surface area is 182 Å². The summed E-state index contributed by atoms with van der Waals surface area (Å²) < 4.78 is 1.85. The van der Waals surface area contributed by atoms with Crippen LogP contribution in [0.5, 0.6) is 0 Å². The summed E-state index contributed by atoms with van der Waals surface area (Å²) in [4.78, 5) is 14.5. The summed E-state index contributed by atoms with van der Waals surface area (Å²) in [5, 5.41) is 14.2. The third-order valence-corrected chi connectivity index (χ3v) is 5.68. The van der Waals surface area contributed by atoms with Crippen LogP contribution >= 0.6 is 11.6 Å². The van der Waals surface area contributed by atoms with Gasteiger partial charge in [-0.05, 0) is 63.6 Å². The van der Waals surface area contributed by atoms with E-state index < -0.39 is 0 Å². The second-order valence-electron chi connectivity index (χ2n) is 7.19. The van der Waals surface area contributed by atoms with Crippen LogP contribution in [0.3, 0.4) is 0 Å². The minimum Gasteiger partial charge on any atom is -0.339 e. The fraction of sp³-hybridized carbons (Fsp3) is 0.292. The van der Waals surface area contributed by atoms with Crippen molar-refractivity contribution in [2.45, 2.75) is 34.1 Å². The van der Waals surface area contributed by atoms with Gasteiger partial charge in [0.05, 0.1) is 22.0 Å². The molecule has 0 N–H and O–H groups in total. The highest BCUT2D eigenvalue weighted by Crippen LogP contribution is 2.25. The topological polar surface area (TPSA) is 61.9 Å². The van der Waals surface area contributed by atoms with Gasteiger partial charge in [0.1, 0.15) is 6.07 Å². The van der Waals surface area contributed by atoms with E-state index in [0.717, 1.165) is 28.2 Å². The molecule has 1 amide bonds. The van der Waals surface area contributed by atoms with Gasteiger partial charge in [-0.1, -0.05) is 23.7 Å². The van der Waals surface area contributed by atoms with Gasteiger partial charge in [0, 0.05) is 36.3 Å². The van der Waals surface area contributed by atoms with Crippen molar-refractivity contribution in [1.29, 1.82) is 5.26 Å². The molecule has 0 aliphatic heterocycles. The molecule has 0 aliphatic rings. The van der Waals surface area contributed by atoms with E-state index in [0.29, 0.717) is 35.7 Å². The summed E-state index contributed by atoms with van der Waals surface area (Å²) in [5.41, 5.74) is 6.08. The summed E-state index contributed by atoms with van der Waals surface area (Å²) in [7, 11) is 0. The van der Waals surface area contributed by atoms with E-state index in [2.05, 4.69) is 11.2 Å². The number of aryl methyl sites for hydroxylation is 1. The molecule has 0 fully saturated rings. The van der Waals surface area contributed by atoms with E-state index in [4.69, 9.17) is 16.9 Å². The summed E-state index contributed by atoms with van der Waals surface area (Å²) in [6, 6.07) is 15.2. The van der Waals surface area contributed by atoms with Crippen LogP contribution in [0.25, 0.3) is 5.69 Å². The maximum Gasteiger partial charge on any atom is 0.253 e. The minimum atomic E-state index is 0.0539. The van der Waals surface area contributed by atoms with Crippen LogP contribution in [0.1, 0.15) is 52.3 Å². The van der Waals surface area contributed by atoms with Crippen LogP contribution in [0.2, 0.25) is 5.02 Å². The van der Waals surface area contributed by atoms with E-state index in [1.807, 2.05) is 67.6 Å². The molecular formula is C24H25ClN4O. The monoisotopic (exact) mass is 420 g/mol. The van der Waals surface area contributed by atoms with E-state index in [1.54, 1.807) is 12.1 Å². The number of amides is 1. The normalized spacial score (nSPS) is 10.7. The Morgan fingerprint density at radius 3 is 2.53 bits per heavy atom. The zero-order valence-corrected chi connectivity index (χ0v) is 18.5. The van der Waals surface area contributed by atoms with Gasteiger partial charge in [-0.3, -0.25) is 4.79 Å². The Morgan fingerprint density at radius 2 is 1.90 bits per heavy atom. The van der Waals surface area contributed by atoms with Crippen LogP contribution in [-0.4, -0.2) is 33.7 Å². The number of carbonyl (C=O) groups excluding carboxylic acids is 1. The molecule has 3 aromatic rings. The van der Waals surface area contributed by atoms with Crippen molar-refractivity contribution in [2.75, 3.05) is 13.1 Å². The lowest BCUT2D eigenvalue weighted by Crippen LogP contribution is -2.30. The summed E-state index contributed by atoms with van der Waals surface area (Å²) in [5.74, 6) is 0.0539. The Balaban J connectivity index is 1.92. The predicted molar refractivity (Wildman–Crippen MR) is 119 cm³/mol. The number of rotatable bonds is 6. The van der Waals surface area contributed by atoms with Crippen molar-refractivity contribution in [2.24, 2.45) is 0 Å². The fourth-order valence-electron chi connectivity index (χ4n) is 3.62. The number of nitriles is 1. The molecule has 3 rings (SSSR count). The Kier molecular flexibility index (Phi) is 6.59. The minimum absolute atomic E-state index is 0.0539.